The van der Waals surface area contributed by atoms with Gasteiger partial charge in [-0.3, -0.25) is 9.48 Å². The van der Waals surface area contributed by atoms with Crippen LogP contribution in [0, 0.1) is 6.92 Å². The van der Waals surface area contributed by atoms with Crippen LogP contribution in [0.2, 0.25) is 0 Å². The highest BCUT2D eigenvalue weighted by Crippen LogP contribution is 2.13. The minimum Gasteiger partial charge on any atom is -0.356 e. The van der Waals surface area contributed by atoms with Crippen LogP contribution in [-0.4, -0.2) is 22.2 Å². The second-order valence-electron chi connectivity index (χ2n) is 3.03. The molecular weight excluding hydrogens is 246 g/mol. The minimum absolute atomic E-state index is 0.0665. The van der Waals surface area contributed by atoms with E-state index >= 15 is 0 Å². The fraction of sp³-hybridized carbons (Fsp3) is 0.556. The first-order valence-electron chi connectivity index (χ1n) is 4.59. The van der Waals surface area contributed by atoms with Crippen molar-refractivity contribution in [2.75, 3.05) is 6.54 Å². The average molecular weight is 260 g/mol. The fourth-order valence-corrected chi connectivity index (χ4v) is 1.43. The van der Waals surface area contributed by atoms with E-state index in [2.05, 4.69) is 26.3 Å². The van der Waals surface area contributed by atoms with Crippen LogP contribution < -0.4 is 5.32 Å². The molecule has 0 bridgehead atoms. The number of aromatic nitrogens is 2. The topological polar surface area (TPSA) is 46.9 Å². The van der Waals surface area contributed by atoms with Gasteiger partial charge in [-0.2, -0.15) is 5.10 Å². The van der Waals surface area contributed by atoms with Gasteiger partial charge < -0.3 is 5.32 Å². The molecule has 0 radical (unpaired) electrons. The van der Waals surface area contributed by atoms with Crippen molar-refractivity contribution in [2.45, 2.75) is 26.8 Å². The third-order valence-electron chi connectivity index (χ3n) is 1.83. The standard InChI is InChI=1S/C9H14BrN3O/c1-3-11-9(14)4-5-13-6-8(10)7(2)12-13/h6H,3-5H2,1-2H3,(H,11,14). The molecule has 0 aromatic carbocycles. The van der Waals surface area contributed by atoms with Crippen LogP contribution >= 0.6 is 15.9 Å². The number of hydrogen-bond donors (Lipinski definition) is 1. The van der Waals surface area contributed by atoms with E-state index in [1.54, 1.807) is 4.68 Å². The monoisotopic (exact) mass is 259 g/mol. The molecule has 0 spiro atoms. The van der Waals surface area contributed by atoms with Gasteiger partial charge in [0, 0.05) is 25.7 Å². The Hall–Kier alpha value is -0.840. The molecule has 0 aliphatic carbocycles. The first kappa shape index (κ1) is 11.2. The number of halogens is 1. The van der Waals surface area contributed by atoms with E-state index in [0.717, 1.165) is 10.2 Å². The van der Waals surface area contributed by atoms with Crippen LogP contribution in [0.15, 0.2) is 10.7 Å². The van der Waals surface area contributed by atoms with Gasteiger partial charge in [0.1, 0.15) is 0 Å². The van der Waals surface area contributed by atoms with Crippen molar-refractivity contribution in [1.29, 1.82) is 0 Å². The van der Waals surface area contributed by atoms with Gasteiger partial charge in [-0.15, -0.1) is 0 Å². The summed E-state index contributed by atoms with van der Waals surface area (Å²) in [5.41, 5.74) is 0.945. The lowest BCUT2D eigenvalue weighted by atomic mass is 10.4. The van der Waals surface area contributed by atoms with Crippen molar-refractivity contribution < 1.29 is 4.79 Å². The molecule has 0 saturated carbocycles. The molecule has 0 aliphatic rings. The lowest BCUT2D eigenvalue weighted by molar-refractivity contribution is -0.121. The van der Waals surface area contributed by atoms with Gasteiger partial charge in [0.2, 0.25) is 5.91 Å². The highest BCUT2D eigenvalue weighted by molar-refractivity contribution is 9.10. The maximum absolute atomic E-state index is 11.1. The van der Waals surface area contributed by atoms with E-state index in [9.17, 15) is 4.79 Å². The zero-order valence-corrected chi connectivity index (χ0v) is 9.97. The summed E-state index contributed by atoms with van der Waals surface area (Å²) >= 11 is 3.37. The average Bonchev–Trinajstić information content (AvgIpc) is 2.44. The van der Waals surface area contributed by atoms with Crippen molar-refractivity contribution in [3.05, 3.63) is 16.4 Å². The van der Waals surface area contributed by atoms with E-state index in [0.29, 0.717) is 19.5 Å². The molecule has 1 rings (SSSR count). The van der Waals surface area contributed by atoms with Crippen LogP contribution in [0.25, 0.3) is 0 Å². The van der Waals surface area contributed by atoms with Crippen LogP contribution in [0.3, 0.4) is 0 Å². The van der Waals surface area contributed by atoms with Gasteiger partial charge in [-0.1, -0.05) is 0 Å². The first-order chi connectivity index (χ1) is 6.63. The largest absolute Gasteiger partial charge is 0.356 e. The zero-order valence-electron chi connectivity index (χ0n) is 8.38. The highest BCUT2D eigenvalue weighted by atomic mass is 79.9. The molecule has 1 N–H and O–H groups in total. The number of carbonyl (C=O) groups is 1. The molecule has 0 unspecified atom stereocenters. The molecule has 1 amide bonds. The molecule has 1 heterocycles. The second-order valence-corrected chi connectivity index (χ2v) is 3.88. The van der Waals surface area contributed by atoms with Gasteiger partial charge in [-0.05, 0) is 29.8 Å². The van der Waals surface area contributed by atoms with Crippen LogP contribution in [0.4, 0.5) is 0 Å². The lowest BCUT2D eigenvalue weighted by Gasteiger charge is -2.01. The van der Waals surface area contributed by atoms with Gasteiger partial charge >= 0.3 is 0 Å². The molecule has 0 atom stereocenters. The van der Waals surface area contributed by atoms with E-state index in [1.165, 1.54) is 0 Å². The summed E-state index contributed by atoms with van der Waals surface area (Å²) in [7, 11) is 0. The van der Waals surface area contributed by atoms with Crippen molar-refractivity contribution in [1.82, 2.24) is 15.1 Å². The molecule has 5 heteroatoms. The Balaban J connectivity index is 2.42. The number of amides is 1. The quantitative estimate of drug-likeness (QED) is 0.891. The van der Waals surface area contributed by atoms with Crippen LogP contribution in [0.5, 0.6) is 0 Å². The smallest absolute Gasteiger partial charge is 0.221 e. The number of nitrogens with zero attached hydrogens (tertiary/aromatic N) is 2. The Morgan fingerprint density at radius 3 is 2.93 bits per heavy atom. The van der Waals surface area contributed by atoms with Crippen molar-refractivity contribution >= 4 is 21.8 Å². The Kier molecular flexibility index (Phi) is 4.13. The molecule has 4 nitrogen and oxygen atoms in total. The Labute approximate surface area is 91.8 Å². The number of nitrogens with one attached hydrogen (secondary N) is 1. The number of aryl methyl sites for hydroxylation is 2. The molecule has 1 aromatic heterocycles. The van der Waals surface area contributed by atoms with Crippen LogP contribution in [0.1, 0.15) is 19.0 Å². The zero-order chi connectivity index (χ0) is 10.6. The Morgan fingerprint density at radius 1 is 1.71 bits per heavy atom. The molecular formula is C9H14BrN3O. The summed E-state index contributed by atoms with van der Waals surface area (Å²) in [5, 5.41) is 6.98. The maximum atomic E-state index is 11.1. The molecule has 0 aliphatic heterocycles. The number of rotatable bonds is 4. The predicted octanol–water partition coefficient (Wildman–Crippen LogP) is 1.48. The van der Waals surface area contributed by atoms with Crippen molar-refractivity contribution in [3.63, 3.8) is 0 Å². The normalized spacial score (nSPS) is 10.2. The van der Waals surface area contributed by atoms with Crippen LogP contribution in [-0.2, 0) is 11.3 Å². The van der Waals surface area contributed by atoms with Gasteiger partial charge in [-0.25, -0.2) is 0 Å². The predicted molar refractivity (Wildman–Crippen MR) is 58.0 cm³/mol. The van der Waals surface area contributed by atoms with Gasteiger partial charge in [0.25, 0.3) is 0 Å². The summed E-state index contributed by atoms with van der Waals surface area (Å²) in [4.78, 5) is 11.1. The minimum atomic E-state index is 0.0665. The fourth-order valence-electron chi connectivity index (χ4n) is 1.11. The highest BCUT2D eigenvalue weighted by Gasteiger charge is 2.03. The van der Waals surface area contributed by atoms with E-state index < -0.39 is 0 Å². The first-order valence-corrected chi connectivity index (χ1v) is 5.39. The van der Waals surface area contributed by atoms with Gasteiger partial charge in [0.15, 0.2) is 0 Å². The second kappa shape index (κ2) is 5.14. The third kappa shape index (κ3) is 3.14. The van der Waals surface area contributed by atoms with E-state index in [-0.39, 0.29) is 5.91 Å². The summed E-state index contributed by atoms with van der Waals surface area (Å²) in [6, 6.07) is 0. The Morgan fingerprint density at radius 2 is 2.43 bits per heavy atom. The molecule has 0 fully saturated rings. The molecule has 0 saturated heterocycles. The summed E-state index contributed by atoms with van der Waals surface area (Å²) in [6.45, 7) is 5.14. The van der Waals surface area contributed by atoms with Gasteiger partial charge in [0.05, 0.1) is 10.2 Å². The third-order valence-corrected chi connectivity index (χ3v) is 2.61. The molecule has 1 aromatic rings. The van der Waals surface area contributed by atoms with E-state index in [1.807, 2.05) is 20.0 Å². The number of hydrogen-bond acceptors (Lipinski definition) is 2. The Bertz CT molecular complexity index is 302. The summed E-state index contributed by atoms with van der Waals surface area (Å²) in [5.74, 6) is 0.0665. The lowest BCUT2D eigenvalue weighted by Crippen LogP contribution is -2.23. The summed E-state index contributed by atoms with van der Waals surface area (Å²) in [6.07, 6.45) is 2.36. The molecule has 14 heavy (non-hydrogen) atoms. The van der Waals surface area contributed by atoms with E-state index in [4.69, 9.17) is 0 Å². The summed E-state index contributed by atoms with van der Waals surface area (Å²) < 4.78 is 2.75. The van der Waals surface area contributed by atoms with Crippen molar-refractivity contribution in [3.8, 4) is 0 Å². The number of carbonyl (C=O) groups excluding carboxylic acids is 1. The SMILES string of the molecule is CCNC(=O)CCn1cc(Br)c(C)n1. The molecule has 78 valence electrons. The van der Waals surface area contributed by atoms with Crippen molar-refractivity contribution in [2.24, 2.45) is 0 Å². The maximum Gasteiger partial charge on any atom is 0.221 e.